The molecule has 7 nitrogen and oxygen atoms in total. The number of aromatic amines is 2. The first-order valence-electron chi connectivity index (χ1n) is 9.11. The number of ether oxygens (including phenoxy) is 1. The van der Waals surface area contributed by atoms with Crippen molar-refractivity contribution in [3.8, 4) is 5.75 Å². The molecule has 2 fully saturated rings. The fourth-order valence-corrected chi connectivity index (χ4v) is 4.28. The summed E-state index contributed by atoms with van der Waals surface area (Å²) in [6, 6.07) is 7.22. The van der Waals surface area contributed by atoms with E-state index in [1.54, 1.807) is 12.1 Å². The van der Waals surface area contributed by atoms with Crippen LogP contribution in [0.5, 0.6) is 5.75 Å². The number of nitrogens with one attached hydrogen (secondary N) is 2. The van der Waals surface area contributed by atoms with Crippen LogP contribution in [0, 0.1) is 17.7 Å². The molecule has 0 amide bonds. The first kappa shape index (κ1) is 17.9. The van der Waals surface area contributed by atoms with Gasteiger partial charge in [0, 0.05) is 31.4 Å². The lowest BCUT2D eigenvalue weighted by molar-refractivity contribution is -0.0231. The highest BCUT2D eigenvalue weighted by molar-refractivity contribution is 5.22. The Bertz CT molecular complexity index is 882. The topological polar surface area (TPSA) is 98.4 Å². The van der Waals surface area contributed by atoms with Gasteiger partial charge in [0.2, 0.25) is 0 Å². The molecule has 1 saturated carbocycles. The third kappa shape index (κ3) is 4.12. The zero-order valence-corrected chi connectivity index (χ0v) is 14.7. The number of benzene rings is 1. The van der Waals surface area contributed by atoms with E-state index < -0.39 is 17.4 Å². The summed E-state index contributed by atoms with van der Waals surface area (Å²) in [4.78, 5) is 29.9. The summed E-state index contributed by atoms with van der Waals surface area (Å²) < 4.78 is 18.9. The van der Waals surface area contributed by atoms with Crippen molar-refractivity contribution in [2.24, 2.45) is 11.8 Å². The molecule has 4 rings (SSSR count). The fraction of sp³-hybridized carbons (Fsp3) is 0.474. The second kappa shape index (κ2) is 7.28. The number of hydrogen-bond donors (Lipinski definition) is 3. The van der Waals surface area contributed by atoms with Crippen LogP contribution in [-0.4, -0.2) is 45.3 Å². The molecule has 1 aliphatic carbocycles. The lowest BCUT2D eigenvalue weighted by Crippen LogP contribution is -2.42. The van der Waals surface area contributed by atoms with E-state index in [1.807, 2.05) is 0 Å². The highest BCUT2D eigenvalue weighted by Gasteiger charge is 2.42. The number of aromatic nitrogens is 2. The van der Waals surface area contributed by atoms with Crippen LogP contribution in [0.2, 0.25) is 0 Å². The molecule has 0 bridgehead atoms. The molecule has 1 aromatic heterocycles. The quantitative estimate of drug-likeness (QED) is 0.736. The van der Waals surface area contributed by atoms with Gasteiger partial charge in [0.15, 0.2) is 0 Å². The molecule has 2 aliphatic rings. The summed E-state index contributed by atoms with van der Waals surface area (Å²) in [7, 11) is 0. The van der Waals surface area contributed by atoms with Gasteiger partial charge in [0.25, 0.3) is 5.56 Å². The Morgan fingerprint density at radius 3 is 2.52 bits per heavy atom. The predicted molar refractivity (Wildman–Crippen MR) is 96.0 cm³/mol. The number of hydrogen-bond acceptors (Lipinski definition) is 5. The van der Waals surface area contributed by atoms with E-state index in [2.05, 4.69) is 14.9 Å². The molecular weight excluding hydrogens is 353 g/mol. The van der Waals surface area contributed by atoms with Gasteiger partial charge >= 0.3 is 5.69 Å². The first-order chi connectivity index (χ1) is 13.0. The van der Waals surface area contributed by atoms with E-state index in [4.69, 9.17) is 4.74 Å². The number of nitrogens with zero attached hydrogens (tertiary/aromatic N) is 1. The first-order valence-corrected chi connectivity index (χ1v) is 9.11. The number of fused-ring (bicyclic) bond motifs is 1. The predicted octanol–water partition coefficient (Wildman–Crippen LogP) is 0.853. The second-order valence-corrected chi connectivity index (χ2v) is 7.48. The maximum absolute atomic E-state index is 13.0. The van der Waals surface area contributed by atoms with Crippen molar-refractivity contribution in [2.75, 3.05) is 13.1 Å². The lowest BCUT2D eigenvalue weighted by Gasteiger charge is -2.35. The van der Waals surface area contributed by atoms with Crippen LogP contribution in [0.4, 0.5) is 4.39 Å². The van der Waals surface area contributed by atoms with Crippen molar-refractivity contribution < 1.29 is 14.2 Å². The van der Waals surface area contributed by atoms with Crippen molar-refractivity contribution in [2.45, 2.75) is 31.6 Å². The largest absolute Gasteiger partial charge is 0.488 e. The van der Waals surface area contributed by atoms with Crippen LogP contribution in [0.25, 0.3) is 0 Å². The van der Waals surface area contributed by atoms with E-state index in [-0.39, 0.29) is 11.9 Å². The summed E-state index contributed by atoms with van der Waals surface area (Å²) in [5.74, 6) is 0.944. The zero-order chi connectivity index (χ0) is 19.0. The van der Waals surface area contributed by atoms with Gasteiger partial charge in [-0.3, -0.25) is 14.7 Å². The van der Waals surface area contributed by atoms with Gasteiger partial charge in [-0.05, 0) is 48.9 Å². The number of halogens is 1. The van der Waals surface area contributed by atoms with Crippen LogP contribution < -0.4 is 16.0 Å². The molecule has 1 saturated heterocycles. The molecule has 0 spiro atoms. The minimum absolute atomic E-state index is 0.323. The maximum atomic E-state index is 13.0. The highest BCUT2D eigenvalue weighted by Crippen LogP contribution is 2.38. The molecule has 3 N–H and O–H groups in total. The monoisotopic (exact) mass is 375 g/mol. The van der Waals surface area contributed by atoms with Crippen LogP contribution in [-0.2, 0) is 6.54 Å². The second-order valence-electron chi connectivity index (χ2n) is 7.48. The Balaban J connectivity index is 1.40. The average Bonchev–Trinajstić information content (AvgIpc) is 2.97. The standard InChI is InChI=1S/C19H22FN3O4/c20-13-1-3-15(4-2-13)27-17-6-12-9-23(8-11(12)5-16(17)24)10-14-7-18(25)22-19(26)21-14/h1-4,7,11-12,16-17,24H,5-6,8-10H2,(H2,21,22,25,26)/t11-,12+,16+,17+/m0/s1. The molecule has 0 radical (unpaired) electrons. The molecule has 8 heteroatoms. The Morgan fingerprint density at radius 1 is 1.11 bits per heavy atom. The smallest absolute Gasteiger partial charge is 0.325 e. The molecule has 0 unspecified atom stereocenters. The molecular formula is C19H22FN3O4. The number of aliphatic hydroxyl groups is 1. The zero-order valence-electron chi connectivity index (χ0n) is 14.7. The Kier molecular flexibility index (Phi) is 4.84. The highest BCUT2D eigenvalue weighted by atomic mass is 19.1. The number of H-pyrrole nitrogens is 2. The lowest BCUT2D eigenvalue weighted by atomic mass is 9.78. The van der Waals surface area contributed by atoms with Crippen molar-refractivity contribution in [3.63, 3.8) is 0 Å². The molecule has 1 aliphatic heterocycles. The van der Waals surface area contributed by atoms with Gasteiger partial charge in [-0.15, -0.1) is 0 Å². The number of likely N-dealkylation sites (tertiary alicyclic amines) is 1. The summed E-state index contributed by atoms with van der Waals surface area (Å²) in [5, 5.41) is 10.5. The van der Waals surface area contributed by atoms with Crippen LogP contribution in [0.15, 0.2) is 39.9 Å². The van der Waals surface area contributed by atoms with E-state index in [1.165, 1.54) is 18.2 Å². The van der Waals surface area contributed by atoms with E-state index in [9.17, 15) is 19.1 Å². The van der Waals surface area contributed by atoms with Crippen LogP contribution >= 0.6 is 0 Å². The van der Waals surface area contributed by atoms with E-state index in [0.29, 0.717) is 42.7 Å². The minimum atomic E-state index is -0.573. The maximum Gasteiger partial charge on any atom is 0.325 e. The van der Waals surface area contributed by atoms with Gasteiger partial charge in [-0.25, -0.2) is 9.18 Å². The van der Waals surface area contributed by atoms with Gasteiger partial charge in [0.1, 0.15) is 17.7 Å². The molecule has 27 heavy (non-hydrogen) atoms. The third-order valence-electron chi connectivity index (χ3n) is 5.47. The SMILES string of the molecule is O=c1cc(CN2C[C@H]3C[C@@H](Oc4ccc(F)cc4)[C@H](O)C[C@H]3C2)[nH]c(=O)[nH]1. The summed E-state index contributed by atoms with van der Waals surface area (Å²) in [6.07, 6.45) is 0.455. The Labute approximate surface area is 154 Å². The summed E-state index contributed by atoms with van der Waals surface area (Å²) >= 11 is 0. The fourth-order valence-electron chi connectivity index (χ4n) is 4.28. The molecule has 2 heterocycles. The normalized spacial score (nSPS) is 28.1. The van der Waals surface area contributed by atoms with Gasteiger partial charge < -0.3 is 14.8 Å². The van der Waals surface area contributed by atoms with Crippen molar-refractivity contribution in [3.05, 3.63) is 62.7 Å². The van der Waals surface area contributed by atoms with Crippen LogP contribution in [0.1, 0.15) is 18.5 Å². The van der Waals surface area contributed by atoms with Crippen molar-refractivity contribution in [1.82, 2.24) is 14.9 Å². The Hall–Kier alpha value is -2.45. The van der Waals surface area contributed by atoms with Crippen molar-refractivity contribution >= 4 is 0 Å². The third-order valence-corrected chi connectivity index (χ3v) is 5.47. The average molecular weight is 375 g/mol. The van der Waals surface area contributed by atoms with Gasteiger partial charge in [-0.2, -0.15) is 0 Å². The van der Waals surface area contributed by atoms with E-state index >= 15 is 0 Å². The molecule has 144 valence electrons. The summed E-state index contributed by atoms with van der Waals surface area (Å²) in [6.45, 7) is 2.11. The van der Waals surface area contributed by atoms with Crippen molar-refractivity contribution in [1.29, 1.82) is 0 Å². The van der Waals surface area contributed by atoms with Gasteiger partial charge in [-0.1, -0.05) is 0 Å². The number of aliphatic hydroxyl groups excluding tert-OH is 1. The molecule has 2 aromatic rings. The number of rotatable bonds is 4. The van der Waals surface area contributed by atoms with Gasteiger partial charge in [0.05, 0.1) is 6.10 Å². The minimum Gasteiger partial charge on any atom is -0.488 e. The van der Waals surface area contributed by atoms with E-state index in [0.717, 1.165) is 13.1 Å². The molecule has 1 aromatic carbocycles. The molecule has 4 atom stereocenters. The summed E-state index contributed by atoms with van der Waals surface area (Å²) in [5.41, 5.74) is -0.326. The Morgan fingerprint density at radius 2 is 1.81 bits per heavy atom. The van der Waals surface area contributed by atoms with Crippen LogP contribution in [0.3, 0.4) is 0 Å².